The molecule has 4 heteroatoms. The number of imidazole rings is 2. The number of hydrogen-bond donors (Lipinski definition) is 1. The van der Waals surface area contributed by atoms with E-state index >= 15 is 0 Å². The summed E-state index contributed by atoms with van der Waals surface area (Å²) >= 11 is 0. The molecule has 2 aromatic rings. The van der Waals surface area contributed by atoms with Crippen LogP contribution in [0.4, 0.5) is 0 Å². The van der Waals surface area contributed by atoms with E-state index in [1.54, 1.807) is 0 Å². The molecule has 0 amide bonds. The van der Waals surface area contributed by atoms with Crippen molar-refractivity contribution in [2.75, 3.05) is 0 Å². The maximum absolute atomic E-state index is 5.00. The van der Waals surface area contributed by atoms with Crippen LogP contribution in [0.1, 0.15) is 76.9 Å². The number of nitrogens with one attached hydrogen (secondary N) is 1. The van der Waals surface area contributed by atoms with Gasteiger partial charge in [0.25, 0.3) is 0 Å². The molecule has 0 unspecified atom stereocenters. The third kappa shape index (κ3) is 5.21. The van der Waals surface area contributed by atoms with E-state index in [4.69, 9.17) is 4.98 Å². The summed E-state index contributed by atoms with van der Waals surface area (Å²) in [6.45, 7) is 15.0. The highest BCUT2D eigenvalue weighted by Crippen LogP contribution is 2.34. The number of aromatic nitrogens is 4. The fourth-order valence-corrected chi connectivity index (χ4v) is 3.76. The topological polar surface area (TPSA) is 46.5 Å². The molecular weight excluding hydrogens is 320 g/mol. The molecule has 0 aromatic carbocycles. The fraction of sp³-hybridized carbons (Fsp3) is 0.727. The minimum absolute atomic E-state index is 0.225. The standard InChI is InChI=1S/C22H36N4/c1-16-18(9-10-22(5,6)13-19-23-11-12-24-19)26(15-17-7-8-17)20(25-16)14-21(2,3)4/h11-12,17H,7-10,13-15H2,1-6H3,(H,23,24). The normalized spacial score (nSPS) is 15.6. The van der Waals surface area contributed by atoms with E-state index in [0.29, 0.717) is 0 Å². The Morgan fingerprint density at radius 1 is 1.15 bits per heavy atom. The Morgan fingerprint density at radius 2 is 1.88 bits per heavy atom. The lowest BCUT2D eigenvalue weighted by Crippen LogP contribution is -2.20. The van der Waals surface area contributed by atoms with Crippen LogP contribution in [0.5, 0.6) is 0 Å². The first kappa shape index (κ1) is 19.2. The van der Waals surface area contributed by atoms with Crippen molar-refractivity contribution in [3.8, 4) is 0 Å². The SMILES string of the molecule is Cc1nc(CC(C)(C)C)n(CC2CC2)c1CCC(C)(C)Cc1ncc[nH]1. The highest BCUT2D eigenvalue weighted by molar-refractivity contribution is 5.18. The van der Waals surface area contributed by atoms with Crippen LogP contribution in [0.3, 0.4) is 0 Å². The van der Waals surface area contributed by atoms with E-state index in [9.17, 15) is 0 Å². The molecule has 26 heavy (non-hydrogen) atoms. The lowest BCUT2D eigenvalue weighted by molar-refractivity contribution is 0.322. The van der Waals surface area contributed by atoms with Crippen molar-refractivity contribution in [2.45, 2.75) is 86.6 Å². The van der Waals surface area contributed by atoms with Gasteiger partial charge in [-0.05, 0) is 49.4 Å². The molecule has 2 aromatic heterocycles. The van der Waals surface area contributed by atoms with Crippen LogP contribution in [0, 0.1) is 23.7 Å². The predicted octanol–water partition coefficient (Wildman–Crippen LogP) is 5.11. The van der Waals surface area contributed by atoms with E-state index in [1.165, 1.54) is 36.6 Å². The number of H-pyrrole nitrogens is 1. The van der Waals surface area contributed by atoms with Gasteiger partial charge in [0.15, 0.2) is 0 Å². The van der Waals surface area contributed by atoms with Gasteiger partial charge in [0.2, 0.25) is 0 Å². The summed E-state index contributed by atoms with van der Waals surface area (Å²) in [5, 5.41) is 0. The van der Waals surface area contributed by atoms with Crippen molar-refractivity contribution in [1.82, 2.24) is 19.5 Å². The molecule has 1 saturated carbocycles. The third-order valence-electron chi connectivity index (χ3n) is 5.42. The number of rotatable bonds is 8. The Hall–Kier alpha value is -1.58. The Labute approximate surface area is 158 Å². The van der Waals surface area contributed by atoms with Crippen LogP contribution in [-0.4, -0.2) is 19.5 Å². The zero-order valence-electron chi connectivity index (χ0n) is 17.5. The molecule has 2 heterocycles. The summed E-state index contributed by atoms with van der Waals surface area (Å²) < 4.78 is 2.57. The number of aromatic amines is 1. The van der Waals surface area contributed by atoms with E-state index in [-0.39, 0.29) is 10.8 Å². The summed E-state index contributed by atoms with van der Waals surface area (Å²) in [7, 11) is 0. The maximum atomic E-state index is 5.00. The van der Waals surface area contributed by atoms with E-state index < -0.39 is 0 Å². The number of aryl methyl sites for hydroxylation is 1. The number of nitrogens with zero attached hydrogens (tertiary/aromatic N) is 3. The van der Waals surface area contributed by atoms with E-state index in [2.05, 4.69) is 56.1 Å². The summed E-state index contributed by atoms with van der Waals surface area (Å²) in [5.74, 6) is 3.25. The quantitative estimate of drug-likeness (QED) is 0.714. The number of hydrogen-bond acceptors (Lipinski definition) is 2. The van der Waals surface area contributed by atoms with Crippen molar-refractivity contribution in [3.63, 3.8) is 0 Å². The van der Waals surface area contributed by atoms with Crippen molar-refractivity contribution >= 4 is 0 Å². The molecule has 3 rings (SSSR count). The molecule has 0 spiro atoms. The van der Waals surface area contributed by atoms with Gasteiger partial charge in [-0.2, -0.15) is 0 Å². The van der Waals surface area contributed by atoms with E-state index in [0.717, 1.165) is 37.4 Å². The predicted molar refractivity (Wildman–Crippen MR) is 107 cm³/mol. The monoisotopic (exact) mass is 356 g/mol. The second-order valence-corrected chi connectivity index (χ2v) is 10.2. The molecule has 0 aliphatic heterocycles. The summed E-state index contributed by atoms with van der Waals surface area (Å²) in [5.41, 5.74) is 3.19. The smallest absolute Gasteiger partial charge is 0.109 e. The average molecular weight is 357 g/mol. The second-order valence-electron chi connectivity index (χ2n) is 10.2. The van der Waals surface area contributed by atoms with Crippen molar-refractivity contribution < 1.29 is 0 Å². The van der Waals surface area contributed by atoms with E-state index in [1.807, 2.05) is 12.4 Å². The minimum atomic E-state index is 0.225. The Morgan fingerprint density at radius 3 is 2.46 bits per heavy atom. The first-order valence-electron chi connectivity index (χ1n) is 10.2. The van der Waals surface area contributed by atoms with Gasteiger partial charge in [-0.15, -0.1) is 0 Å². The highest BCUT2D eigenvalue weighted by Gasteiger charge is 2.28. The summed E-state index contributed by atoms with van der Waals surface area (Å²) in [4.78, 5) is 12.7. The Balaban J connectivity index is 1.75. The molecule has 144 valence electrons. The molecule has 1 N–H and O–H groups in total. The first-order valence-corrected chi connectivity index (χ1v) is 10.2. The minimum Gasteiger partial charge on any atom is -0.349 e. The lowest BCUT2D eigenvalue weighted by atomic mass is 9.83. The molecule has 1 aliphatic rings. The molecule has 0 saturated heterocycles. The summed E-state index contributed by atoms with van der Waals surface area (Å²) in [6.07, 6.45) is 10.8. The van der Waals surface area contributed by atoms with Crippen LogP contribution in [-0.2, 0) is 25.8 Å². The van der Waals surface area contributed by atoms with Crippen molar-refractivity contribution in [2.24, 2.45) is 16.7 Å². The molecular formula is C22H36N4. The molecule has 0 bridgehead atoms. The van der Waals surface area contributed by atoms with Crippen LogP contribution >= 0.6 is 0 Å². The van der Waals surface area contributed by atoms with Crippen LogP contribution < -0.4 is 0 Å². The van der Waals surface area contributed by atoms with Gasteiger partial charge >= 0.3 is 0 Å². The maximum Gasteiger partial charge on any atom is 0.109 e. The third-order valence-corrected chi connectivity index (χ3v) is 5.42. The van der Waals surface area contributed by atoms with Gasteiger partial charge < -0.3 is 9.55 Å². The highest BCUT2D eigenvalue weighted by atomic mass is 15.1. The zero-order chi connectivity index (χ0) is 18.9. The van der Waals surface area contributed by atoms with Gasteiger partial charge in [0.1, 0.15) is 11.6 Å². The first-order chi connectivity index (χ1) is 12.1. The van der Waals surface area contributed by atoms with Crippen molar-refractivity contribution in [1.29, 1.82) is 0 Å². The largest absolute Gasteiger partial charge is 0.349 e. The van der Waals surface area contributed by atoms with Gasteiger partial charge in [0.05, 0.1) is 5.69 Å². The van der Waals surface area contributed by atoms with Crippen LogP contribution in [0.2, 0.25) is 0 Å². The Bertz CT molecular complexity index is 712. The van der Waals surface area contributed by atoms with Gasteiger partial charge in [-0.25, -0.2) is 9.97 Å². The van der Waals surface area contributed by atoms with Gasteiger partial charge in [0, 0.05) is 37.5 Å². The second kappa shape index (κ2) is 7.21. The summed E-state index contributed by atoms with van der Waals surface area (Å²) in [6, 6.07) is 0. The average Bonchev–Trinajstić information content (AvgIpc) is 3.10. The lowest BCUT2D eigenvalue weighted by Gasteiger charge is -2.24. The van der Waals surface area contributed by atoms with Crippen molar-refractivity contribution in [3.05, 3.63) is 35.4 Å². The molecule has 0 atom stereocenters. The van der Waals surface area contributed by atoms with Gasteiger partial charge in [-0.1, -0.05) is 34.6 Å². The fourth-order valence-electron chi connectivity index (χ4n) is 3.76. The van der Waals surface area contributed by atoms with Gasteiger partial charge in [-0.3, -0.25) is 0 Å². The molecule has 4 nitrogen and oxygen atoms in total. The van der Waals surface area contributed by atoms with Crippen LogP contribution in [0.25, 0.3) is 0 Å². The van der Waals surface area contributed by atoms with Crippen LogP contribution in [0.15, 0.2) is 12.4 Å². The zero-order valence-corrected chi connectivity index (χ0v) is 17.5. The molecule has 0 radical (unpaired) electrons. The Kier molecular flexibility index (Phi) is 5.32. The molecule has 1 fully saturated rings. The molecule has 1 aliphatic carbocycles.